The van der Waals surface area contributed by atoms with E-state index in [2.05, 4.69) is 11.0 Å². The van der Waals surface area contributed by atoms with Gasteiger partial charge in [0.05, 0.1) is 7.11 Å². The van der Waals surface area contributed by atoms with Crippen LogP contribution in [0.25, 0.3) is 0 Å². The van der Waals surface area contributed by atoms with Gasteiger partial charge in [-0.15, -0.1) is 5.73 Å². The summed E-state index contributed by atoms with van der Waals surface area (Å²) in [4.78, 5) is 24.2. The van der Waals surface area contributed by atoms with Crippen molar-refractivity contribution in [2.45, 2.75) is 19.1 Å². The number of carbonyl (C=O) groups is 2. The van der Waals surface area contributed by atoms with Gasteiger partial charge in [-0.25, -0.2) is 9.59 Å². The van der Waals surface area contributed by atoms with Gasteiger partial charge in [-0.3, -0.25) is 0 Å². The van der Waals surface area contributed by atoms with E-state index in [1.807, 2.05) is 72.8 Å². The number of hydrogen-bond acceptors (Lipinski definition) is 5. The van der Waals surface area contributed by atoms with E-state index in [-0.39, 0.29) is 13.0 Å². The minimum absolute atomic E-state index is 0.118. The minimum Gasteiger partial charge on any atom is -0.488 e. The minimum atomic E-state index is -0.857. The number of nitrogens with one attached hydrogen (secondary N) is 1. The van der Waals surface area contributed by atoms with E-state index in [1.165, 1.54) is 7.11 Å². The summed E-state index contributed by atoms with van der Waals surface area (Å²) in [7, 11) is 1.28. The van der Waals surface area contributed by atoms with Crippen LogP contribution in [0, 0.1) is 0 Å². The molecule has 0 fully saturated rings. The van der Waals surface area contributed by atoms with Gasteiger partial charge in [0, 0.05) is 12.0 Å². The molecule has 0 bridgehead atoms. The Morgan fingerprint density at radius 2 is 1.77 bits per heavy atom. The van der Waals surface area contributed by atoms with Gasteiger partial charge in [0.25, 0.3) is 0 Å². The lowest BCUT2D eigenvalue weighted by Crippen LogP contribution is -2.43. The highest BCUT2D eigenvalue weighted by molar-refractivity contribution is 5.81. The maximum Gasteiger partial charge on any atom is 0.408 e. The van der Waals surface area contributed by atoms with Crippen molar-refractivity contribution >= 4 is 12.1 Å². The molecule has 3 rings (SSSR count). The molecule has 1 amide bonds. The third-order valence-electron chi connectivity index (χ3n) is 4.41. The molecule has 0 heterocycles. The molecule has 0 aliphatic heterocycles. The lowest BCUT2D eigenvalue weighted by Gasteiger charge is -2.17. The van der Waals surface area contributed by atoms with Crippen molar-refractivity contribution in [3.05, 3.63) is 95.3 Å². The predicted octanol–water partition coefficient (Wildman–Crippen LogP) is 3.73. The Hall–Kier alpha value is -3.76. The van der Waals surface area contributed by atoms with Gasteiger partial charge in [-0.1, -0.05) is 48.5 Å². The second-order valence-electron chi connectivity index (χ2n) is 6.61. The number of esters is 1. The number of benzene rings is 2. The summed E-state index contributed by atoms with van der Waals surface area (Å²) < 4.78 is 15.7. The lowest BCUT2D eigenvalue weighted by atomic mass is 10.1. The first kappa shape index (κ1) is 21.0. The first-order chi connectivity index (χ1) is 14.6. The van der Waals surface area contributed by atoms with Gasteiger partial charge in [0.2, 0.25) is 0 Å². The summed E-state index contributed by atoms with van der Waals surface area (Å²) in [5, 5.41) is 2.57. The number of methoxy groups -OCH3 is 1. The average molecular weight is 405 g/mol. The van der Waals surface area contributed by atoms with Gasteiger partial charge in [-0.2, -0.15) is 0 Å². The number of carbonyl (C=O) groups excluding carboxylic acids is 2. The number of allylic oxidation sites excluding steroid dienone is 1. The van der Waals surface area contributed by atoms with E-state index in [0.29, 0.717) is 12.4 Å². The zero-order valence-electron chi connectivity index (χ0n) is 16.7. The monoisotopic (exact) mass is 405 g/mol. The van der Waals surface area contributed by atoms with Crippen molar-refractivity contribution in [2.75, 3.05) is 13.7 Å². The molecule has 0 spiro atoms. The van der Waals surface area contributed by atoms with Gasteiger partial charge in [-0.05, 0) is 35.4 Å². The second-order valence-corrected chi connectivity index (χ2v) is 6.61. The smallest absolute Gasteiger partial charge is 0.408 e. The molecule has 2 aromatic rings. The number of alkyl carbamates (subject to hydrolysis) is 1. The number of ether oxygens (including phenoxy) is 3. The molecule has 1 aliphatic carbocycles. The Balaban J connectivity index is 1.53. The highest BCUT2D eigenvalue weighted by Crippen LogP contribution is 2.15. The van der Waals surface area contributed by atoms with Crippen LogP contribution in [0.5, 0.6) is 5.75 Å². The molecule has 0 aromatic heterocycles. The maximum absolute atomic E-state index is 12.1. The summed E-state index contributed by atoms with van der Waals surface area (Å²) in [6.07, 6.45) is 5.28. The molecule has 0 saturated heterocycles. The average Bonchev–Trinajstić information content (AvgIpc) is 3.30. The number of hydrogen-bond donors (Lipinski definition) is 1. The predicted molar refractivity (Wildman–Crippen MR) is 112 cm³/mol. The molecule has 2 aromatic carbocycles. The number of amides is 1. The third kappa shape index (κ3) is 6.40. The zero-order chi connectivity index (χ0) is 21.2. The quantitative estimate of drug-likeness (QED) is 0.508. The third-order valence-corrected chi connectivity index (χ3v) is 4.41. The van der Waals surface area contributed by atoms with Crippen molar-refractivity contribution in [3.63, 3.8) is 0 Å². The van der Waals surface area contributed by atoms with E-state index in [0.717, 1.165) is 16.7 Å². The van der Waals surface area contributed by atoms with Crippen LogP contribution in [0.15, 0.2) is 84.1 Å². The van der Waals surface area contributed by atoms with Gasteiger partial charge in [0.1, 0.15) is 25.0 Å². The summed E-state index contributed by atoms with van der Waals surface area (Å²) >= 11 is 0. The molecular formula is C24H23NO5. The highest BCUT2D eigenvalue weighted by atomic mass is 16.6. The van der Waals surface area contributed by atoms with Crippen molar-refractivity contribution in [2.24, 2.45) is 0 Å². The van der Waals surface area contributed by atoms with Crippen molar-refractivity contribution < 1.29 is 23.8 Å². The van der Waals surface area contributed by atoms with E-state index >= 15 is 0 Å². The molecule has 6 nitrogen and oxygen atoms in total. The van der Waals surface area contributed by atoms with E-state index in [1.54, 1.807) is 0 Å². The van der Waals surface area contributed by atoms with Crippen LogP contribution in [-0.2, 0) is 27.3 Å². The Kier molecular flexibility index (Phi) is 7.47. The van der Waals surface area contributed by atoms with E-state index < -0.39 is 18.1 Å². The normalized spacial score (nSPS) is 12.8. The van der Waals surface area contributed by atoms with Gasteiger partial charge >= 0.3 is 12.1 Å². The molecule has 1 atom stereocenters. The first-order valence-electron chi connectivity index (χ1n) is 9.53. The topological polar surface area (TPSA) is 73.9 Å². The van der Waals surface area contributed by atoms with Crippen LogP contribution in [0.2, 0.25) is 0 Å². The van der Waals surface area contributed by atoms with Crippen LogP contribution in [0.3, 0.4) is 0 Å². The van der Waals surface area contributed by atoms with Crippen LogP contribution < -0.4 is 10.1 Å². The molecule has 0 radical (unpaired) electrons. The summed E-state index contributed by atoms with van der Waals surface area (Å²) in [5.41, 5.74) is 5.76. The molecule has 154 valence electrons. The fourth-order valence-corrected chi connectivity index (χ4v) is 2.82. The maximum atomic E-state index is 12.1. The van der Waals surface area contributed by atoms with Crippen LogP contribution in [0.4, 0.5) is 4.79 Å². The Bertz CT molecular complexity index is 957. The fraction of sp³-hybridized carbons (Fsp3) is 0.208. The highest BCUT2D eigenvalue weighted by Gasteiger charge is 2.22. The van der Waals surface area contributed by atoms with Gasteiger partial charge < -0.3 is 19.5 Å². The molecule has 6 heteroatoms. The standard InChI is InChI=1S/C24H23NO5/c1-28-23(26)22(25-24(27)30-17-20-7-3-2-4-8-20)15-18-11-13-21(14-12-18)29-16-19-9-5-6-10-19/h2-9,11-14,22H,15-17H2,1H3,(H,25,27)/t22-/m0/s1. The Morgan fingerprint density at radius 1 is 1.00 bits per heavy atom. The second kappa shape index (κ2) is 10.7. The van der Waals surface area contributed by atoms with Crippen LogP contribution in [-0.4, -0.2) is 31.8 Å². The van der Waals surface area contributed by atoms with Crippen LogP contribution >= 0.6 is 0 Å². The molecule has 0 saturated carbocycles. The van der Waals surface area contributed by atoms with Crippen molar-refractivity contribution in [3.8, 4) is 5.75 Å². The van der Waals surface area contributed by atoms with Crippen molar-refractivity contribution in [1.82, 2.24) is 5.32 Å². The first-order valence-corrected chi connectivity index (χ1v) is 9.53. The van der Waals surface area contributed by atoms with Gasteiger partial charge in [0.15, 0.2) is 0 Å². The molecule has 1 aliphatic rings. The van der Waals surface area contributed by atoms with E-state index in [9.17, 15) is 9.59 Å². The van der Waals surface area contributed by atoms with Crippen LogP contribution in [0.1, 0.15) is 11.1 Å². The Morgan fingerprint density at radius 3 is 2.43 bits per heavy atom. The molecule has 30 heavy (non-hydrogen) atoms. The summed E-state index contributed by atoms with van der Waals surface area (Å²) in [6.45, 7) is 0.555. The SMILES string of the molecule is COC(=O)[C@H](Cc1ccc(OCC2=C=CC=C2)cc1)NC(=O)OCc1ccccc1. The summed E-state index contributed by atoms with van der Waals surface area (Å²) in [6, 6.07) is 15.8. The lowest BCUT2D eigenvalue weighted by molar-refractivity contribution is -0.143. The van der Waals surface area contributed by atoms with Crippen molar-refractivity contribution in [1.29, 1.82) is 0 Å². The largest absolute Gasteiger partial charge is 0.488 e. The Labute approximate surface area is 175 Å². The molecular weight excluding hydrogens is 382 g/mol. The molecule has 1 N–H and O–H groups in total. The van der Waals surface area contributed by atoms with E-state index in [4.69, 9.17) is 14.2 Å². The molecule has 0 unspecified atom stereocenters. The fourth-order valence-electron chi connectivity index (χ4n) is 2.82. The number of rotatable bonds is 9. The summed E-state index contributed by atoms with van der Waals surface area (Å²) in [5.74, 6) is 0.164. The zero-order valence-corrected chi connectivity index (χ0v) is 16.7.